The lowest BCUT2D eigenvalue weighted by molar-refractivity contribution is -0.142. The minimum atomic E-state index is -0.885. The first-order valence-electron chi connectivity index (χ1n) is 7.81. The Morgan fingerprint density at radius 2 is 2.00 bits per heavy atom. The molecule has 0 radical (unpaired) electrons. The number of likely N-dealkylation sites (N-methyl/N-ethyl adjacent to an activating group) is 1. The summed E-state index contributed by atoms with van der Waals surface area (Å²) < 4.78 is 5.30. The molecule has 0 aromatic heterocycles. The molecule has 0 aromatic rings. The summed E-state index contributed by atoms with van der Waals surface area (Å²) in [5.41, 5.74) is 0. The molecule has 0 aromatic carbocycles. The molecule has 1 N–H and O–H groups in total. The Labute approximate surface area is 126 Å². The van der Waals surface area contributed by atoms with Crippen LogP contribution in [0.5, 0.6) is 0 Å². The zero-order chi connectivity index (χ0) is 15.6. The molecule has 2 heterocycles. The maximum atomic E-state index is 12.7. The van der Waals surface area contributed by atoms with Gasteiger partial charge in [-0.15, -0.1) is 0 Å². The lowest BCUT2D eigenvalue weighted by Crippen LogP contribution is -2.54. The summed E-state index contributed by atoms with van der Waals surface area (Å²) in [4.78, 5) is 27.6. The van der Waals surface area contributed by atoms with Crippen molar-refractivity contribution in [1.29, 1.82) is 0 Å². The molecule has 0 bridgehead atoms. The number of ether oxygens (including phenoxy) is 1. The van der Waals surface area contributed by atoms with Gasteiger partial charge in [-0.2, -0.15) is 0 Å². The average Bonchev–Trinajstić information content (AvgIpc) is 2.92. The number of hydrogen-bond acceptors (Lipinski definition) is 3. The van der Waals surface area contributed by atoms with Crippen LogP contribution in [0.15, 0.2) is 0 Å². The minimum Gasteiger partial charge on any atom is -0.481 e. The van der Waals surface area contributed by atoms with Crippen LogP contribution in [-0.2, 0) is 9.53 Å². The van der Waals surface area contributed by atoms with Crippen LogP contribution in [0.3, 0.4) is 0 Å². The molecule has 120 valence electrons. The second kappa shape index (κ2) is 6.64. The molecule has 0 spiro atoms. The summed E-state index contributed by atoms with van der Waals surface area (Å²) in [5.74, 6) is -0.387. The van der Waals surface area contributed by atoms with Crippen LogP contribution < -0.4 is 0 Å². The Morgan fingerprint density at radius 1 is 1.29 bits per heavy atom. The largest absolute Gasteiger partial charge is 0.481 e. The van der Waals surface area contributed by atoms with Crippen molar-refractivity contribution in [2.75, 3.05) is 32.8 Å². The molecule has 2 rings (SSSR count). The van der Waals surface area contributed by atoms with E-state index in [1.165, 1.54) is 0 Å². The number of likely N-dealkylation sites (tertiary alicyclic amines) is 1. The highest BCUT2D eigenvalue weighted by molar-refractivity contribution is 5.77. The highest BCUT2D eigenvalue weighted by atomic mass is 16.5. The normalized spacial score (nSPS) is 33.0. The average molecular weight is 298 g/mol. The molecule has 2 saturated heterocycles. The van der Waals surface area contributed by atoms with E-state index in [-0.39, 0.29) is 18.7 Å². The smallest absolute Gasteiger partial charge is 0.320 e. The maximum Gasteiger partial charge on any atom is 0.320 e. The van der Waals surface area contributed by atoms with Gasteiger partial charge in [0.2, 0.25) is 0 Å². The molecule has 2 fully saturated rings. The number of aliphatic carboxylic acids is 1. The molecule has 0 saturated carbocycles. The first kappa shape index (κ1) is 16.1. The molecule has 4 atom stereocenters. The molecule has 2 aliphatic rings. The predicted molar refractivity (Wildman–Crippen MR) is 78.0 cm³/mol. The van der Waals surface area contributed by atoms with Crippen LogP contribution in [0.2, 0.25) is 0 Å². The van der Waals surface area contributed by atoms with Crippen molar-refractivity contribution in [3.05, 3.63) is 0 Å². The van der Waals surface area contributed by atoms with Crippen LogP contribution in [0.4, 0.5) is 4.79 Å². The van der Waals surface area contributed by atoms with E-state index in [1.807, 2.05) is 11.8 Å². The fourth-order valence-electron chi connectivity index (χ4n) is 3.22. The van der Waals surface area contributed by atoms with Gasteiger partial charge in [0.05, 0.1) is 19.3 Å². The summed E-state index contributed by atoms with van der Waals surface area (Å²) >= 11 is 0. The first-order chi connectivity index (χ1) is 9.95. The number of amides is 2. The summed E-state index contributed by atoms with van der Waals surface area (Å²) in [5, 5.41) is 9.27. The van der Waals surface area contributed by atoms with Crippen LogP contribution >= 0.6 is 0 Å². The summed E-state index contributed by atoms with van der Waals surface area (Å²) in [6.07, 6.45) is 1.01. The number of piperidine rings is 1. The molecule has 2 aliphatic heterocycles. The van der Waals surface area contributed by atoms with Crippen LogP contribution in [0.25, 0.3) is 0 Å². The van der Waals surface area contributed by atoms with Crippen molar-refractivity contribution in [1.82, 2.24) is 9.80 Å². The van der Waals surface area contributed by atoms with Crippen molar-refractivity contribution >= 4 is 12.0 Å². The lowest BCUT2D eigenvalue weighted by Gasteiger charge is -2.40. The molecule has 6 heteroatoms. The number of carbonyl (C=O) groups excluding carboxylic acids is 1. The van der Waals surface area contributed by atoms with Gasteiger partial charge >= 0.3 is 12.0 Å². The number of rotatable bonds is 3. The van der Waals surface area contributed by atoms with Gasteiger partial charge in [0, 0.05) is 19.6 Å². The van der Waals surface area contributed by atoms with E-state index >= 15 is 0 Å². The van der Waals surface area contributed by atoms with Gasteiger partial charge in [-0.3, -0.25) is 4.79 Å². The van der Waals surface area contributed by atoms with Gasteiger partial charge in [0.1, 0.15) is 5.92 Å². The molecular formula is C15H26N2O4. The number of carboxylic acids is 1. The minimum absolute atomic E-state index is 0.0435. The monoisotopic (exact) mass is 298 g/mol. The van der Waals surface area contributed by atoms with Crippen molar-refractivity contribution in [3.8, 4) is 0 Å². The Hall–Kier alpha value is -1.30. The zero-order valence-electron chi connectivity index (χ0n) is 13.1. The number of nitrogens with zero attached hydrogens (tertiary/aromatic N) is 2. The highest BCUT2D eigenvalue weighted by Crippen LogP contribution is 2.26. The SMILES string of the molecule is CCN(C(=O)N1CCC(C)C(C)C1)C1COCC1C(=O)O. The number of hydrogen-bond donors (Lipinski definition) is 1. The van der Waals surface area contributed by atoms with E-state index in [1.54, 1.807) is 4.90 Å². The lowest BCUT2D eigenvalue weighted by atomic mass is 9.89. The Balaban J connectivity index is 2.06. The van der Waals surface area contributed by atoms with E-state index < -0.39 is 11.9 Å². The summed E-state index contributed by atoms with van der Waals surface area (Å²) in [7, 11) is 0. The Kier molecular flexibility index (Phi) is 5.08. The molecule has 21 heavy (non-hydrogen) atoms. The van der Waals surface area contributed by atoms with Gasteiger partial charge < -0.3 is 19.6 Å². The second-order valence-electron chi connectivity index (χ2n) is 6.31. The van der Waals surface area contributed by atoms with E-state index in [0.29, 0.717) is 25.0 Å². The zero-order valence-corrected chi connectivity index (χ0v) is 13.1. The van der Waals surface area contributed by atoms with Crippen molar-refractivity contribution in [2.45, 2.75) is 33.2 Å². The second-order valence-corrected chi connectivity index (χ2v) is 6.31. The topological polar surface area (TPSA) is 70.1 Å². The fraction of sp³-hybridized carbons (Fsp3) is 0.867. The van der Waals surface area contributed by atoms with E-state index in [4.69, 9.17) is 4.74 Å². The van der Waals surface area contributed by atoms with E-state index in [0.717, 1.165) is 19.5 Å². The highest BCUT2D eigenvalue weighted by Gasteiger charge is 2.41. The van der Waals surface area contributed by atoms with Crippen LogP contribution in [-0.4, -0.2) is 65.8 Å². The number of carboxylic acid groups (broad SMARTS) is 1. The summed E-state index contributed by atoms with van der Waals surface area (Å²) in [6, 6.07) is -0.396. The maximum absolute atomic E-state index is 12.7. The van der Waals surface area contributed by atoms with E-state index in [2.05, 4.69) is 13.8 Å². The molecule has 2 amide bonds. The van der Waals surface area contributed by atoms with Crippen molar-refractivity contribution in [3.63, 3.8) is 0 Å². The number of carbonyl (C=O) groups is 2. The standard InChI is InChI=1S/C15H26N2O4/c1-4-17(13-9-21-8-12(13)14(18)19)15(20)16-6-5-10(2)11(3)7-16/h10-13H,4-9H2,1-3H3,(H,18,19). The van der Waals surface area contributed by atoms with E-state index in [9.17, 15) is 14.7 Å². The van der Waals surface area contributed by atoms with Gasteiger partial charge in [0.15, 0.2) is 0 Å². The summed E-state index contributed by atoms with van der Waals surface area (Å²) in [6.45, 7) is 8.80. The van der Waals surface area contributed by atoms with Crippen molar-refractivity contribution < 1.29 is 19.4 Å². The Bertz CT molecular complexity index is 401. The van der Waals surface area contributed by atoms with Gasteiger partial charge in [-0.25, -0.2) is 4.79 Å². The number of urea groups is 1. The van der Waals surface area contributed by atoms with Crippen LogP contribution in [0.1, 0.15) is 27.2 Å². The third-order valence-corrected chi connectivity index (χ3v) is 4.96. The molecular weight excluding hydrogens is 272 g/mol. The van der Waals surface area contributed by atoms with Gasteiger partial charge in [0.25, 0.3) is 0 Å². The van der Waals surface area contributed by atoms with Gasteiger partial charge in [-0.1, -0.05) is 13.8 Å². The fourth-order valence-corrected chi connectivity index (χ4v) is 3.22. The Morgan fingerprint density at radius 3 is 2.57 bits per heavy atom. The third-order valence-electron chi connectivity index (χ3n) is 4.96. The molecule has 6 nitrogen and oxygen atoms in total. The quantitative estimate of drug-likeness (QED) is 0.857. The molecule has 0 aliphatic carbocycles. The van der Waals surface area contributed by atoms with Crippen molar-refractivity contribution in [2.24, 2.45) is 17.8 Å². The van der Waals surface area contributed by atoms with Gasteiger partial charge in [-0.05, 0) is 25.2 Å². The third kappa shape index (κ3) is 3.31. The predicted octanol–water partition coefficient (Wildman–Crippen LogP) is 1.51. The first-order valence-corrected chi connectivity index (χ1v) is 7.81. The molecule has 4 unspecified atom stereocenters. The van der Waals surface area contributed by atoms with Crippen LogP contribution in [0, 0.1) is 17.8 Å².